The number of nitrogen functional groups attached to an aromatic ring is 1. The van der Waals surface area contributed by atoms with Gasteiger partial charge in [-0.15, -0.1) is 11.3 Å². The number of aliphatic carboxylic acids is 1. The van der Waals surface area contributed by atoms with Gasteiger partial charge in [0.05, 0.1) is 18.0 Å². The fraction of sp³-hybridized carbons (Fsp3) is 0.192. The summed E-state index contributed by atoms with van der Waals surface area (Å²) in [5.41, 5.74) is 11.4. The Morgan fingerprint density at radius 2 is 1.88 bits per heavy atom. The first-order valence-corrected chi connectivity index (χ1v) is 11.5. The van der Waals surface area contributed by atoms with Crippen LogP contribution in [0, 0.1) is 6.92 Å². The summed E-state index contributed by atoms with van der Waals surface area (Å²) in [6.45, 7) is 2.54. The molecule has 0 aliphatic heterocycles. The van der Waals surface area contributed by atoms with Gasteiger partial charge in [-0.3, -0.25) is 9.78 Å². The number of carboxylic acids is 1. The summed E-state index contributed by atoms with van der Waals surface area (Å²) in [6, 6.07) is 19.6. The highest BCUT2D eigenvalue weighted by Gasteiger charge is 2.11. The van der Waals surface area contributed by atoms with E-state index in [1.54, 1.807) is 17.4 Å². The number of aromatic nitrogens is 2. The molecular formula is C26H25N3O3S. The maximum Gasteiger partial charge on any atom is 0.303 e. The SMILES string of the molecule is Cc1sc(-c2ccc(-c3ccccc3)nc2)nc1CCOc1ccc(CCC(=O)O)c(N)c1. The van der Waals surface area contributed by atoms with E-state index in [9.17, 15) is 4.79 Å². The Balaban J connectivity index is 1.36. The number of anilines is 1. The van der Waals surface area contributed by atoms with E-state index in [-0.39, 0.29) is 6.42 Å². The number of pyridine rings is 1. The van der Waals surface area contributed by atoms with Gasteiger partial charge in [-0.25, -0.2) is 4.98 Å². The second kappa shape index (κ2) is 10.3. The summed E-state index contributed by atoms with van der Waals surface area (Å²) in [4.78, 5) is 21.3. The van der Waals surface area contributed by atoms with Gasteiger partial charge in [-0.1, -0.05) is 36.4 Å². The van der Waals surface area contributed by atoms with Crippen molar-refractivity contribution in [3.63, 3.8) is 0 Å². The zero-order chi connectivity index (χ0) is 23.2. The standard InChI is InChI=1S/C26H25N3O3S/c1-17-23(13-14-32-21-10-7-18(22(27)15-21)9-12-25(30)31)29-26(33-17)20-8-11-24(28-16-20)19-5-3-2-4-6-19/h2-8,10-11,15-16H,9,12-14,27H2,1H3,(H,30,31). The van der Waals surface area contributed by atoms with Crippen LogP contribution in [0.5, 0.6) is 5.75 Å². The lowest BCUT2D eigenvalue weighted by atomic mass is 10.1. The normalized spacial score (nSPS) is 10.8. The zero-order valence-corrected chi connectivity index (χ0v) is 19.1. The molecule has 33 heavy (non-hydrogen) atoms. The average Bonchev–Trinajstić information content (AvgIpc) is 3.19. The van der Waals surface area contributed by atoms with E-state index in [4.69, 9.17) is 20.6 Å². The molecule has 0 fully saturated rings. The largest absolute Gasteiger partial charge is 0.493 e. The third-order valence-corrected chi connectivity index (χ3v) is 6.37. The van der Waals surface area contributed by atoms with Crippen LogP contribution in [-0.2, 0) is 17.6 Å². The molecule has 0 bridgehead atoms. The number of nitrogens with two attached hydrogens (primary N) is 1. The lowest BCUT2D eigenvalue weighted by Crippen LogP contribution is -2.04. The predicted octanol–water partition coefficient (Wildman–Crippen LogP) is 5.40. The first-order valence-electron chi connectivity index (χ1n) is 10.7. The van der Waals surface area contributed by atoms with Crippen LogP contribution in [0.1, 0.15) is 22.6 Å². The van der Waals surface area contributed by atoms with Crippen molar-refractivity contribution in [2.45, 2.75) is 26.2 Å². The van der Waals surface area contributed by atoms with Crippen LogP contribution in [-0.4, -0.2) is 27.7 Å². The molecule has 3 N–H and O–H groups in total. The molecule has 0 saturated carbocycles. The van der Waals surface area contributed by atoms with E-state index in [0.29, 0.717) is 30.9 Å². The minimum Gasteiger partial charge on any atom is -0.493 e. The van der Waals surface area contributed by atoms with E-state index in [2.05, 4.69) is 18.0 Å². The van der Waals surface area contributed by atoms with Gasteiger partial charge in [0, 0.05) is 46.8 Å². The number of carbonyl (C=O) groups is 1. The molecule has 0 saturated heterocycles. The molecule has 6 nitrogen and oxygen atoms in total. The van der Waals surface area contributed by atoms with Gasteiger partial charge in [-0.05, 0) is 37.1 Å². The number of thiazole rings is 1. The van der Waals surface area contributed by atoms with Crippen molar-refractivity contribution in [3.8, 4) is 27.6 Å². The van der Waals surface area contributed by atoms with Crippen LogP contribution in [0.25, 0.3) is 21.8 Å². The van der Waals surface area contributed by atoms with Gasteiger partial charge in [0.2, 0.25) is 0 Å². The number of aryl methyl sites for hydroxylation is 2. The number of hydrogen-bond acceptors (Lipinski definition) is 6. The van der Waals surface area contributed by atoms with E-state index < -0.39 is 5.97 Å². The molecule has 0 aliphatic carbocycles. The fourth-order valence-electron chi connectivity index (χ4n) is 3.48. The molecule has 2 aromatic heterocycles. The van der Waals surface area contributed by atoms with Gasteiger partial charge in [0.15, 0.2) is 0 Å². The number of carboxylic acid groups (broad SMARTS) is 1. The smallest absolute Gasteiger partial charge is 0.303 e. The lowest BCUT2D eigenvalue weighted by Gasteiger charge is -2.09. The first kappa shape index (κ1) is 22.5. The maximum absolute atomic E-state index is 10.7. The second-order valence-corrected chi connectivity index (χ2v) is 8.88. The lowest BCUT2D eigenvalue weighted by molar-refractivity contribution is -0.136. The van der Waals surface area contributed by atoms with Gasteiger partial charge in [0.25, 0.3) is 0 Å². The topological polar surface area (TPSA) is 98.3 Å². The van der Waals surface area contributed by atoms with Crippen molar-refractivity contribution < 1.29 is 14.6 Å². The molecular weight excluding hydrogens is 434 g/mol. The van der Waals surface area contributed by atoms with Gasteiger partial charge >= 0.3 is 5.97 Å². The summed E-state index contributed by atoms with van der Waals surface area (Å²) in [5, 5.41) is 9.77. The first-order chi connectivity index (χ1) is 16.0. The summed E-state index contributed by atoms with van der Waals surface area (Å²) < 4.78 is 5.86. The van der Waals surface area contributed by atoms with Gasteiger partial charge in [-0.2, -0.15) is 0 Å². The molecule has 0 atom stereocenters. The Morgan fingerprint density at radius 1 is 1.06 bits per heavy atom. The molecule has 168 valence electrons. The van der Waals surface area contributed by atoms with Crippen molar-refractivity contribution in [1.82, 2.24) is 9.97 Å². The average molecular weight is 460 g/mol. The minimum absolute atomic E-state index is 0.0559. The summed E-state index contributed by atoms with van der Waals surface area (Å²) in [7, 11) is 0. The zero-order valence-electron chi connectivity index (χ0n) is 18.3. The fourth-order valence-corrected chi connectivity index (χ4v) is 4.43. The predicted molar refractivity (Wildman–Crippen MR) is 132 cm³/mol. The van der Waals surface area contributed by atoms with Crippen LogP contribution in [0.2, 0.25) is 0 Å². The van der Waals surface area contributed by atoms with Crippen LogP contribution in [0.15, 0.2) is 66.9 Å². The molecule has 4 aromatic rings. The number of hydrogen-bond donors (Lipinski definition) is 2. The summed E-state index contributed by atoms with van der Waals surface area (Å²) >= 11 is 1.65. The quantitative estimate of drug-likeness (QED) is 0.325. The molecule has 4 rings (SSSR count). The highest BCUT2D eigenvalue weighted by Crippen LogP contribution is 2.29. The molecule has 2 aromatic carbocycles. The number of ether oxygens (including phenoxy) is 1. The molecule has 2 heterocycles. The Morgan fingerprint density at radius 3 is 2.58 bits per heavy atom. The molecule has 0 aliphatic rings. The highest BCUT2D eigenvalue weighted by atomic mass is 32.1. The third-order valence-electron chi connectivity index (χ3n) is 5.31. The Kier molecular flexibility index (Phi) is 7.00. The Labute approximate surface area is 196 Å². The molecule has 0 unspecified atom stereocenters. The number of benzene rings is 2. The van der Waals surface area contributed by atoms with E-state index >= 15 is 0 Å². The third kappa shape index (κ3) is 5.75. The van der Waals surface area contributed by atoms with E-state index in [0.717, 1.165) is 38.0 Å². The van der Waals surface area contributed by atoms with Crippen molar-refractivity contribution in [3.05, 3.63) is 83.0 Å². The van der Waals surface area contributed by atoms with Crippen molar-refractivity contribution in [2.75, 3.05) is 12.3 Å². The molecule has 7 heteroatoms. The number of rotatable bonds is 9. The summed E-state index contributed by atoms with van der Waals surface area (Å²) in [6.07, 6.45) is 3.01. The molecule has 0 spiro atoms. The van der Waals surface area contributed by atoms with E-state index in [1.165, 1.54) is 0 Å². The van der Waals surface area contributed by atoms with E-state index in [1.807, 2.05) is 54.7 Å². The van der Waals surface area contributed by atoms with Crippen LogP contribution in [0.4, 0.5) is 5.69 Å². The minimum atomic E-state index is -0.837. The van der Waals surface area contributed by atoms with Gasteiger partial charge in [0.1, 0.15) is 10.8 Å². The number of nitrogens with zero attached hydrogens (tertiary/aromatic N) is 2. The Hall–Kier alpha value is -3.71. The second-order valence-electron chi connectivity index (χ2n) is 7.67. The molecule has 0 radical (unpaired) electrons. The van der Waals surface area contributed by atoms with Crippen molar-refractivity contribution in [1.29, 1.82) is 0 Å². The van der Waals surface area contributed by atoms with Crippen molar-refractivity contribution in [2.24, 2.45) is 0 Å². The van der Waals surface area contributed by atoms with Crippen LogP contribution in [0.3, 0.4) is 0 Å². The van der Waals surface area contributed by atoms with Crippen LogP contribution >= 0.6 is 11.3 Å². The monoisotopic (exact) mass is 459 g/mol. The van der Waals surface area contributed by atoms with Crippen LogP contribution < -0.4 is 10.5 Å². The molecule has 0 amide bonds. The maximum atomic E-state index is 10.7. The highest BCUT2D eigenvalue weighted by molar-refractivity contribution is 7.15. The van der Waals surface area contributed by atoms with Crippen molar-refractivity contribution >= 4 is 23.0 Å². The Bertz CT molecular complexity index is 1240. The summed E-state index contributed by atoms with van der Waals surface area (Å²) in [5.74, 6) is -0.170. The van der Waals surface area contributed by atoms with Gasteiger partial charge < -0.3 is 15.6 Å².